The molecule has 2 aromatic carbocycles. The number of aliphatic hydroxyl groups excluding tert-OH is 2. The smallest absolute Gasteiger partial charge is 0.323 e. The van der Waals surface area contributed by atoms with Gasteiger partial charge in [0.2, 0.25) is 5.78 Å². The van der Waals surface area contributed by atoms with Gasteiger partial charge in [-0.25, -0.2) is 4.79 Å². The zero-order chi connectivity index (χ0) is 32.4. The number of aromatic hydroxyl groups is 1. The van der Waals surface area contributed by atoms with Crippen LogP contribution in [-0.2, 0) is 20.8 Å². The van der Waals surface area contributed by atoms with Crippen molar-refractivity contribution in [1.82, 2.24) is 0 Å². The van der Waals surface area contributed by atoms with Gasteiger partial charge in [-0.3, -0.25) is 24.5 Å². The molecule has 3 aliphatic carbocycles. The van der Waals surface area contributed by atoms with E-state index in [0.29, 0.717) is 16.8 Å². The van der Waals surface area contributed by atoms with Crippen LogP contribution in [0.1, 0.15) is 29.5 Å². The van der Waals surface area contributed by atoms with Crippen LogP contribution in [0.3, 0.4) is 0 Å². The van der Waals surface area contributed by atoms with Gasteiger partial charge in [0.05, 0.1) is 16.2 Å². The summed E-state index contributed by atoms with van der Waals surface area (Å²) < 4.78 is 0. The molecule has 3 atom stereocenters. The number of rotatable bonds is 5. The van der Waals surface area contributed by atoms with E-state index in [9.17, 15) is 49.7 Å². The summed E-state index contributed by atoms with van der Waals surface area (Å²) in [4.78, 5) is 63.6. The van der Waals surface area contributed by atoms with Crippen LogP contribution in [0, 0.1) is 28.9 Å². The fourth-order valence-corrected chi connectivity index (χ4v) is 6.34. The first-order valence-corrected chi connectivity index (χ1v) is 13.4. The number of phenols is 1. The lowest BCUT2D eigenvalue weighted by molar-refractivity contribution is -0.384. The van der Waals surface area contributed by atoms with Crippen molar-refractivity contribution in [3.8, 4) is 5.75 Å². The fourth-order valence-electron chi connectivity index (χ4n) is 6.34. The van der Waals surface area contributed by atoms with Crippen molar-refractivity contribution < 1.29 is 44.5 Å². The van der Waals surface area contributed by atoms with Crippen molar-refractivity contribution in [2.24, 2.45) is 17.6 Å². The van der Waals surface area contributed by atoms with Crippen molar-refractivity contribution in [3.63, 3.8) is 0 Å². The third-order valence-corrected chi connectivity index (χ3v) is 8.37. The largest absolute Gasteiger partial charge is 0.508 e. The molecule has 15 nitrogen and oxygen atoms in total. The van der Waals surface area contributed by atoms with E-state index in [1.807, 2.05) is 0 Å². The minimum absolute atomic E-state index is 0.0334. The molecule has 1 saturated carbocycles. The average molecular weight is 608 g/mol. The van der Waals surface area contributed by atoms with Gasteiger partial charge in [-0.05, 0) is 48.9 Å². The molecule has 3 amide bonds. The lowest BCUT2D eigenvalue weighted by Crippen LogP contribution is -2.58. The first-order valence-electron chi connectivity index (χ1n) is 13.4. The predicted octanol–water partition coefficient (Wildman–Crippen LogP) is 2.35. The van der Waals surface area contributed by atoms with Crippen LogP contribution in [-0.4, -0.2) is 68.6 Å². The standard InChI is InChI=1S/C29H29N5O10/c1-11-4-5-15(18(6-11)34(43)44)31-28(41)32-16-10-17(33(2)3)14-8-12-7-13-9-19(35)22(27(30)40)26(39)29(13,42)25(38)20(12)24(37)21(14)23(16)36/h4-6,10,12-13,36-37,39,42H,7-9H2,1-3H3,(H2,30,40)(H2,31,32,41)/t12-,13+,29+/m1/s1. The van der Waals surface area contributed by atoms with Crippen LogP contribution in [0.15, 0.2) is 41.2 Å². The Morgan fingerprint density at radius 3 is 2.36 bits per heavy atom. The van der Waals surface area contributed by atoms with Gasteiger partial charge in [0, 0.05) is 43.8 Å². The number of primary amides is 1. The van der Waals surface area contributed by atoms with E-state index in [1.54, 1.807) is 32.0 Å². The molecule has 0 saturated heterocycles. The number of nitrogens with one attached hydrogen (secondary N) is 2. The van der Waals surface area contributed by atoms with Crippen molar-refractivity contribution in [1.29, 1.82) is 0 Å². The number of amides is 3. The highest BCUT2D eigenvalue weighted by Gasteiger charge is 2.60. The third kappa shape index (κ3) is 4.48. The highest BCUT2D eigenvalue weighted by Crippen LogP contribution is 2.54. The molecule has 44 heavy (non-hydrogen) atoms. The van der Waals surface area contributed by atoms with Crippen molar-refractivity contribution in [2.45, 2.75) is 31.8 Å². The van der Waals surface area contributed by atoms with Crippen LogP contribution < -0.4 is 21.3 Å². The van der Waals surface area contributed by atoms with Gasteiger partial charge in [0.15, 0.2) is 17.1 Å². The van der Waals surface area contributed by atoms with E-state index in [1.165, 1.54) is 18.2 Å². The minimum Gasteiger partial charge on any atom is -0.508 e. The van der Waals surface area contributed by atoms with Gasteiger partial charge >= 0.3 is 6.03 Å². The number of Topliss-reactive ketones (excluding diaryl/α,β-unsaturated/α-hetero) is 2. The Kier molecular flexibility index (Phi) is 7.08. The molecule has 8 N–H and O–H groups in total. The summed E-state index contributed by atoms with van der Waals surface area (Å²) in [6, 6.07) is 4.65. The molecule has 0 radical (unpaired) electrons. The summed E-state index contributed by atoms with van der Waals surface area (Å²) in [6.45, 7) is 1.65. The number of aryl methyl sites for hydroxylation is 1. The molecule has 0 unspecified atom stereocenters. The third-order valence-electron chi connectivity index (χ3n) is 8.37. The number of benzene rings is 2. The molecule has 0 aliphatic heterocycles. The normalized spacial score (nSPS) is 22.5. The number of hydrogen-bond acceptors (Lipinski definition) is 11. The maximum Gasteiger partial charge on any atom is 0.323 e. The highest BCUT2D eigenvalue weighted by atomic mass is 16.6. The molecule has 2 aromatic rings. The van der Waals surface area contributed by atoms with E-state index in [4.69, 9.17) is 5.73 Å². The second-order valence-corrected chi connectivity index (χ2v) is 11.3. The zero-order valence-electron chi connectivity index (χ0n) is 23.8. The van der Waals surface area contributed by atoms with Crippen LogP contribution in [0.2, 0.25) is 0 Å². The van der Waals surface area contributed by atoms with E-state index in [0.717, 1.165) is 0 Å². The Balaban J connectivity index is 1.59. The summed E-state index contributed by atoms with van der Waals surface area (Å²) in [7, 11) is 3.34. The van der Waals surface area contributed by atoms with Crippen molar-refractivity contribution in [2.75, 3.05) is 29.6 Å². The first-order chi connectivity index (χ1) is 20.6. The number of phenolic OH excluding ortho intramolecular Hbond substituents is 1. The van der Waals surface area contributed by atoms with Crippen molar-refractivity contribution in [3.05, 3.63) is 68.0 Å². The summed E-state index contributed by atoms with van der Waals surface area (Å²) in [5, 5.41) is 61.2. The van der Waals surface area contributed by atoms with E-state index >= 15 is 0 Å². The Labute approximate surface area is 249 Å². The second-order valence-electron chi connectivity index (χ2n) is 11.3. The summed E-state index contributed by atoms with van der Waals surface area (Å²) in [5.41, 5.74) is 1.81. The monoisotopic (exact) mass is 607 g/mol. The van der Waals surface area contributed by atoms with Gasteiger partial charge < -0.3 is 41.7 Å². The molecule has 5 rings (SSSR count). The number of anilines is 3. The number of nitro groups is 1. The maximum atomic E-state index is 13.8. The molecule has 0 spiro atoms. The van der Waals surface area contributed by atoms with Crippen molar-refractivity contribution >= 4 is 52.0 Å². The summed E-state index contributed by atoms with van der Waals surface area (Å²) in [5.74, 6) is -7.69. The SMILES string of the molecule is Cc1ccc(NC(=O)Nc2cc(N(C)C)c3c(c2O)C(O)=C2C(=O)[C@]4(O)C(O)=C(C(N)=O)C(=O)C[C@@H]4C[C@@H]2C3)c([N+](=O)[O-])c1. The molecule has 0 bridgehead atoms. The van der Waals surface area contributed by atoms with Gasteiger partial charge in [-0.1, -0.05) is 6.07 Å². The van der Waals surface area contributed by atoms with Crippen LogP contribution in [0.5, 0.6) is 5.75 Å². The molecule has 230 valence electrons. The number of nitro benzene ring substituents is 1. The van der Waals surface area contributed by atoms with Gasteiger partial charge in [0.1, 0.15) is 22.8 Å². The number of hydrogen-bond donors (Lipinski definition) is 7. The fraction of sp³-hybridized carbons (Fsp3) is 0.310. The van der Waals surface area contributed by atoms with Crippen LogP contribution >= 0.6 is 0 Å². The highest BCUT2D eigenvalue weighted by molar-refractivity contribution is 6.23. The van der Waals surface area contributed by atoms with Gasteiger partial charge in [0.25, 0.3) is 11.6 Å². The summed E-state index contributed by atoms with van der Waals surface area (Å²) in [6.07, 6.45) is -0.406. The maximum absolute atomic E-state index is 13.8. The number of aliphatic hydroxyl groups is 3. The average Bonchev–Trinajstić information content (AvgIpc) is 2.92. The number of nitrogens with two attached hydrogens (primary N) is 1. The molecule has 0 aromatic heterocycles. The number of urea groups is 1. The Morgan fingerprint density at radius 2 is 1.75 bits per heavy atom. The van der Waals surface area contributed by atoms with Crippen LogP contribution in [0.4, 0.5) is 27.5 Å². The Hall–Kier alpha value is -5.44. The number of nitrogens with zero attached hydrogens (tertiary/aromatic N) is 2. The topological polar surface area (TPSA) is 246 Å². The van der Waals surface area contributed by atoms with E-state index in [-0.39, 0.29) is 41.0 Å². The number of ketones is 2. The molecule has 0 heterocycles. The predicted molar refractivity (Wildman–Crippen MR) is 156 cm³/mol. The number of carbonyl (C=O) groups is 4. The quantitative estimate of drug-likeness (QED) is 0.112. The minimum atomic E-state index is -2.71. The molecular formula is C29H29N5O10. The Bertz CT molecular complexity index is 1760. The van der Waals surface area contributed by atoms with Gasteiger partial charge in [-0.15, -0.1) is 0 Å². The van der Waals surface area contributed by atoms with E-state index < -0.39 is 75.1 Å². The Morgan fingerprint density at radius 1 is 1.09 bits per heavy atom. The van der Waals surface area contributed by atoms with Crippen LogP contribution in [0.25, 0.3) is 5.76 Å². The number of fused-ring (bicyclic) bond motifs is 3. The second kappa shape index (κ2) is 10.4. The molecule has 3 aliphatic rings. The number of carbonyl (C=O) groups excluding carboxylic acids is 4. The van der Waals surface area contributed by atoms with E-state index in [2.05, 4.69) is 10.6 Å². The van der Waals surface area contributed by atoms with Gasteiger partial charge in [-0.2, -0.15) is 0 Å². The first kappa shape index (κ1) is 30.0. The molecule has 15 heteroatoms. The molecule has 1 fully saturated rings. The lowest BCUT2D eigenvalue weighted by atomic mass is 9.59. The lowest BCUT2D eigenvalue weighted by Gasteiger charge is -2.46. The molecular weight excluding hydrogens is 578 g/mol. The zero-order valence-corrected chi connectivity index (χ0v) is 23.8. The summed E-state index contributed by atoms with van der Waals surface area (Å²) >= 11 is 0.